The second kappa shape index (κ2) is 7.02. The molecule has 8 heteroatoms. The maximum Gasteiger partial charge on any atom is 0.243 e. The zero-order valence-corrected chi connectivity index (χ0v) is 16.8. The van der Waals surface area contributed by atoms with E-state index in [1.165, 1.54) is 0 Å². The van der Waals surface area contributed by atoms with Crippen LogP contribution >= 0.6 is 11.3 Å². The van der Waals surface area contributed by atoms with Gasteiger partial charge in [-0.2, -0.15) is 4.31 Å². The van der Waals surface area contributed by atoms with Crippen LogP contribution in [0.1, 0.15) is 23.8 Å². The van der Waals surface area contributed by atoms with Crippen molar-refractivity contribution in [1.82, 2.24) is 9.29 Å². The van der Waals surface area contributed by atoms with Crippen molar-refractivity contribution in [2.24, 2.45) is 0 Å². The number of fused-ring (bicyclic) bond motifs is 2. The van der Waals surface area contributed by atoms with Gasteiger partial charge in [-0.3, -0.25) is 0 Å². The van der Waals surface area contributed by atoms with E-state index in [2.05, 4.69) is 6.07 Å². The number of piperidine rings is 1. The van der Waals surface area contributed by atoms with E-state index in [1.54, 1.807) is 33.8 Å². The highest BCUT2D eigenvalue weighted by molar-refractivity contribution is 7.89. The minimum absolute atomic E-state index is 0.123. The van der Waals surface area contributed by atoms with Gasteiger partial charge in [-0.15, -0.1) is 11.3 Å². The molecule has 146 valence electrons. The first kappa shape index (κ1) is 17.9. The zero-order chi connectivity index (χ0) is 19.1. The van der Waals surface area contributed by atoms with Gasteiger partial charge in [0, 0.05) is 25.1 Å². The molecule has 0 bridgehead atoms. The largest absolute Gasteiger partial charge is 0.486 e. The second-order valence-corrected chi connectivity index (χ2v) is 10.0. The van der Waals surface area contributed by atoms with E-state index in [0.717, 1.165) is 28.1 Å². The molecule has 1 atom stereocenters. The van der Waals surface area contributed by atoms with Crippen molar-refractivity contribution in [2.75, 3.05) is 26.3 Å². The predicted molar refractivity (Wildman–Crippen MR) is 108 cm³/mol. The van der Waals surface area contributed by atoms with Crippen LogP contribution in [0.25, 0.3) is 10.2 Å². The molecule has 28 heavy (non-hydrogen) atoms. The molecule has 2 aromatic carbocycles. The van der Waals surface area contributed by atoms with Crippen LogP contribution in [0, 0.1) is 0 Å². The number of sulfonamides is 1. The smallest absolute Gasteiger partial charge is 0.243 e. The minimum atomic E-state index is -3.59. The fraction of sp³-hybridized carbons (Fsp3) is 0.350. The van der Waals surface area contributed by atoms with Crippen LogP contribution in [0.2, 0.25) is 0 Å². The second-order valence-electron chi connectivity index (χ2n) is 7.03. The van der Waals surface area contributed by atoms with Gasteiger partial charge in [-0.1, -0.05) is 12.1 Å². The summed E-state index contributed by atoms with van der Waals surface area (Å²) in [6, 6.07) is 12.9. The minimum Gasteiger partial charge on any atom is -0.486 e. The van der Waals surface area contributed by atoms with E-state index in [0.29, 0.717) is 37.8 Å². The maximum absolute atomic E-state index is 13.2. The maximum atomic E-state index is 13.2. The highest BCUT2D eigenvalue weighted by Gasteiger charge is 2.33. The Bertz CT molecular complexity index is 1090. The van der Waals surface area contributed by atoms with Crippen LogP contribution in [0.4, 0.5) is 0 Å². The van der Waals surface area contributed by atoms with Gasteiger partial charge in [-0.25, -0.2) is 13.4 Å². The van der Waals surface area contributed by atoms with Crippen LogP contribution in [-0.4, -0.2) is 44.0 Å². The molecular formula is C20H20N2O4S2. The van der Waals surface area contributed by atoms with Gasteiger partial charge in [0.2, 0.25) is 10.0 Å². The molecule has 1 saturated heterocycles. The molecule has 0 N–H and O–H groups in total. The average molecular weight is 417 g/mol. The molecule has 0 amide bonds. The quantitative estimate of drug-likeness (QED) is 0.652. The number of benzene rings is 2. The molecule has 3 aromatic rings. The first-order valence-corrected chi connectivity index (χ1v) is 11.6. The lowest BCUT2D eigenvalue weighted by Gasteiger charge is -2.31. The van der Waals surface area contributed by atoms with Gasteiger partial charge in [0.1, 0.15) is 13.2 Å². The summed E-state index contributed by atoms with van der Waals surface area (Å²) in [6.45, 7) is 1.89. The Balaban J connectivity index is 1.42. The number of nitrogens with zero attached hydrogens (tertiary/aromatic N) is 2. The Hall–Kier alpha value is -2.16. The van der Waals surface area contributed by atoms with Crippen LogP contribution < -0.4 is 9.47 Å². The van der Waals surface area contributed by atoms with Gasteiger partial charge in [-0.05, 0) is 37.1 Å². The molecule has 0 aliphatic carbocycles. The van der Waals surface area contributed by atoms with E-state index >= 15 is 0 Å². The molecule has 5 rings (SSSR count). The number of ether oxygens (including phenoxy) is 2. The molecule has 1 aromatic heterocycles. The predicted octanol–water partition coefficient (Wildman–Crippen LogP) is 3.64. The van der Waals surface area contributed by atoms with Crippen molar-refractivity contribution in [3.05, 3.63) is 47.5 Å². The SMILES string of the molecule is O=S(=O)(c1ccc2c(c1)OCCO2)N1CCC[C@H](c2nc3ccccc3s2)C1. The highest BCUT2D eigenvalue weighted by Crippen LogP contribution is 2.37. The standard InChI is InChI=1S/C20H20N2O4S2/c23-28(24,15-7-8-17-18(12-15)26-11-10-25-17)22-9-3-4-14(13-22)20-21-16-5-1-2-6-19(16)27-20/h1-2,5-8,12,14H,3-4,9-11,13H2/t14-/m0/s1. The number of aromatic nitrogens is 1. The summed E-state index contributed by atoms with van der Waals surface area (Å²) in [4.78, 5) is 5.00. The fourth-order valence-electron chi connectivity index (χ4n) is 3.76. The molecule has 3 heterocycles. The summed E-state index contributed by atoms with van der Waals surface area (Å²) >= 11 is 1.66. The summed E-state index contributed by atoms with van der Waals surface area (Å²) in [5.74, 6) is 1.21. The monoisotopic (exact) mass is 416 g/mol. The molecule has 0 spiro atoms. The van der Waals surface area contributed by atoms with Gasteiger partial charge >= 0.3 is 0 Å². The lowest BCUT2D eigenvalue weighted by atomic mass is 10.0. The third-order valence-electron chi connectivity index (χ3n) is 5.20. The van der Waals surface area contributed by atoms with Crippen molar-refractivity contribution in [3.8, 4) is 11.5 Å². The number of para-hydroxylation sites is 1. The van der Waals surface area contributed by atoms with Gasteiger partial charge in [0.15, 0.2) is 11.5 Å². The number of hydrogen-bond acceptors (Lipinski definition) is 6. The summed E-state index contributed by atoms with van der Waals surface area (Å²) < 4.78 is 40.2. The normalized spacial score (nSPS) is 20.4. The Morgan fingerprint density at radius 2 is 1.89 bits per heavy atom. The Morgan fingerprint density at radius 1 is 1.07 bits per heavy atom. The molecular weight excluding hydrogens is 396 g/mol. The summed E-state index contributed by atoms with van der Waals surface area (Å²) in [6.07, 6.45) is 1.78. The summed E-state index contributed by atoms with van der Waals surface area (Å²) in [5.41, 5.74) is 0.981. The lowest BCUT2D eigenvalue weighted by molar-refractivity contribution is 0.171. The van der Waals surface area contributed by atoms with E-state index in [1.807, 2.05) is 18.2 Å². The third-order valence-corrected chi connectivity index (χ3v) is 8.26. The molecule has 2 aliphatic heterocycles. The Kier molecular flexibility index (Phi) is 4.49. The van der Waals surface area contributed by atoms with Crippen molar-refractivity contribution in [2.45, 2.75) is 23.7 Å². The molecule has 6 nitrogen and oxygen atoms in total. The topological polar surface area (TPSA) is 68.7 Å². The van der Waals surface area contributed by atoms with Crippen molar-refractivity contribution in [1.29, 1.82) is 0 Å². The molecule has 0 unspecified atom stereocenters. The molecule has 2 aliphatic rings. The van der Waals surface area contributed by atoms with E-state index < -0.39 is 10.0 Å². The van der Waals surface area contributed by atoms with Crippen molar-refractivity contribution >= 4 is 31.6 Å². The Morgan fingerprint density at radius 3 is 2.75 bits per heavy atom. The first-order chi connectivity index (χ1) is 13.6. The molecule has 1 fully saturated rings. The molecule has 0 radical (unpaired) electrons. The third kappa shape index (κ3) is 3.15. The van der Waals surface area contributed by atoms with Crippen LogP contribution in [-0.2, 0) is 10.0 Å². The Labute approximate surface area is 167 Å². The number of thiazole rings is 1. The van der Waals surface area contributed by atoms with Gasteiger partial charge in [0.25, 0.3) is 0 Å². The lowest BCUT2D eigenvalue weighted by Crippen LogP contribution is -2.39. The zero-order valence-electron chi connectivity index (χ0n) is 15.2. The fourth-order valence-corrected chi connectivity index (χ4v) is 6.39. The van der Waals surface area contributed by atoms with Crippen molar-refractivity contribution < 1.29 is 17.9 Å². The first-order valence-electron chi connectivity index (χ1n) is 9.36. The highest BCUT2D eigenvalue weighted by atomic mass is 32.2. The van der Waals surface area contributed by atoms with E-state index in [-0.39, 0.29) is 10.8 Å². The van der Waals surface area contributed by atoms with E-state index in [9.17, 15) is 8.42 Å². The van der Waals surface area contributed by atoms with E-state index in [4.69, 9.17) is 14.5 Å². The molecule has 0 saturated carbocycles. The van der Waals surface area contributed by atoms with Gasteiger partial charge < -0.3 is 9.47 Å². The van der Waals surface area contributed by atoms with Crippen LogP contribution in [0.15, 0.2) is 47.4 Å². The number of hydrogen-bond donors (Lipinski definition) is 0. The van der Waals surface area contributed by atoms with Crippen LogP contribution in [0.5, 0.6) is 11.5 Å². The average Bonchev–Trinajstić information content (AvgIpc) is 3.18. The summed E-state index contributed by atoms with van der Waals surface area (Å²) in [7, 11) is -3.59. The van der Waals surface area contributed by atoms with Crippen molar-refractivity contribution in [3.63, 3.8) is 0 Å². The van der Waals surface area contributed by atoms with Crippen LogP contribution in [0.3, 0.4) is 0 Å². The summed E-state index contributed by atoms with van der Waals surface area (Å²) in [5, 5.41) is 1.02. The number of rotatable bonds is 3. The van der Waals surface area contributed by atoms with Gasteiger partial charge in [0.05, 0.1) is 20.1 Å².